The van der Waals surface area contributed by atoms with Crippen molar-refractivity contribution in [1.29, 1.82) is 0 Å². The normalized spacial score (nSPS) is 10.5. The van der Waals surface area contributed by atoms with Crippen LogP contribution in [0.25, 0.3) is 5.82 Å². The minimum Gasteiger partial charge on any atom is -0.480 e. The van der Waals surface area contributed by atoms with Crippen LogP contribution in [0.3, 0.4) is 0 Å². The number of amides is 1. The third-order valence-corrected chi connectivity index (χ3v) is 3.54. The second kappa shape index (κ2) is 7.02. The van der Waals surface area contributed by atoms with E-state index in [1.807, 2.05) is 20.8 Å². The van der Waals surface area contributed by atoms with E-state index in [1.165, 1.54) is 7.11 Å². The molecule has 2 aromatic heterocycles. The van der Waals surface area contributed by atoms with Crippen molar-refractivity contribution in [3.05, 3.63) is 29.6 Å². The molecule has 0 bridgehead atoms. The molecular formula is C15H21N5O2. The summed E-state index contributed by atoms with van der Waals surface area (Å²) < 4.78 is 6.66. The van der Waals surface area contributed by atoms with Crippen molar-refractivity contribution in [2.45, 2.75) is 27.2 Å². The highest BCUT2D eigenvalue weighted by molar-refractivity contribution is 5.95. The minimum absolute atomic E-state index is 0.00503. The Kier molecular flexibility index (Phi) is 5.08. The topological polar surface area (TPSA) is 73.1 Å². The van der Waals surface area contributed by atoms with Gasteiger partial charge in [-0.25, -0.2) is 4.68 Å². The van der Waals surface area contributed by atoms with Gasteiger partial charge in [0.05, 0.1) is 24.6 Å². The van der Waals surface area contributed by atoms with E-state index in [0.717, 1.165) is 5.69 Å². The number of methoxy groups -OCH3 is 1. The Morgan fingerprint density at radius 3 is 2.45 bits per heavy atom. The van der Waals surface area contributed by atoms with E-state index in [9.17, 15) is 4.79 Å². The third-order valence-electron chi connectivity index (χ3n) is 3.54. The fourth-order valence-corrected chi connectivity index (χ4v) is 2.31. The van der Waals surface area contributed by atoms with Crippen molar-refractivity contribution >= 4 is 5.91 Å². The highest BCUT2D eigenvalue weighted by Crippen LogP contribution is 2.17. The first kappa shape index (κ1) is 15.9. The van der Waals surface area contributed by atoms with Crippen LogP contribution in [0.15, 0.2) is 18.3 Å². The van der Waals surface area contributed by atoms with Crippen molar-refractivity contribution in [3.63, 3.8) is 0 Å². The van der Waals surface area contributed by atoms with Gasteiger partial charge in [-0.3, -0.25) is 4.79 Å². The van der Waals surface area contributed by atoms with E-state index in [1.54, 1.807) is 27.9 Å². The number of hydrogen-bond acceptors (Lipinski definition) is 5. The van der Waals surface area contributed by atoms with Gasteiger partial charge in [-0.05, 0) is 26.3 Å². The molecule has 0 aliphatic rings. The molecule has 0 aliphatic carbocycles. The van der Waals surface area contributed by atoms with Crippen LogP contribution in [0, 0.1) is 0 Å². The van der Waals surface area contributed by atoms with Gasteiger partial charge in [0, 0.05) is 19.2 Å². The van der Waals surface area contributed by atoms with Gasteiger partial charge in [-0.1, -0.05) is 6.92 Å². The maximum absolute atomic E-state index is 12.5. The van der Waals surface area contributed by atoms with Gasteiger partial charge in [0.2, 0.25) is 5.88 Å². The van der Waals surface area contributed by atoms with Crippen molar-refractivity contribution in [3.8, 4) is 11.7 Å². The Bertz CT molecular complexity index is 632. The largest absolute Gasteiger partial charge is 0.480 e. The second-order valence-corrected chi connectivity index (χ2v) is 4.68. The SMILES string of the molecule is CCc1c(C(=O)N(CC)CC)cnn1-c1ccc(OC)nn1. The molecule has 118 valence electrons. The van der Waals surface area contributed by atoms with Crippen molar-refractivity contribution in [2.75, 3.05) is 20.2 Å². The smallest absolute Gasteiger partial charge is 0.257 e. The summed E-state index contributed by atoms with van der Waals surface area (Å²) >= 11 is 0. The number of ether oxygens (including phenoxy) is 1. The summed E-state index contributed by atoms with van der Waals surface area (Å²) in [6, 6.07) is 3.49. The molecule has 7 nitrogen and oxygen atoms in total. The van der Waals surface area contributed by atoms with Gasteiger partial charge in [0.15, 0.2) is 5.82 Å². The molecule has 0 fully saturated rings. The summed E-state index contributed by atoms with van der Waals surface area (Å²) in [5.74, 6) is 0.999. The average molecular weight is 303 g/mol. The number of nitrogens with zero attached hydrogens (tertiary/aromatic N) is 5. The van der Waals surface area contributed by atoms with Crippen LogP contribution in [0.2, 0.25) is 0 Å². The van der Waals surface area contributed by atoms with Gasteiger partial charge in [0.1, 0.15) is 0 Å². The molecule has 2 aromatic rings. The Balaban J connectivity index is 2.40. The zero-order chi connectivity index (χ0) is 16.1. The van der Waals surface area contributed by atoms with E-state index >= 15 is 0 Å². The second-order valence-electron chi connectivity index (χ2n) is 4.68. The molecule has 0 N–H and O–H groups in total. The van der Waals surface area contributed by atoms with Crippen LogP contribution in [-0.2, 0) is 6.42 Å². The van der Waals surface area contributed by atoms with E-state index in [0.29, 0.717) is 36.8 Å². The quantitative estimate of drug-likeness (QED) is 0.812. The lowest BCUT2D eigenvalue weighted by Crippen LogP contribution is -2.31. The molecule has 22 heavy (non-hydrogen) atoms. The molecule has 0 saturated carbocycles. The Morgan fingerprint density at radius 1 is 1.23 bits per heavy atom. The van der Waals surface area contributed by atoms with E-state index in [2.05, 4.69) is 15.3 Å². The van der Waals surface area contributed by atoms with Gasteiger partial charge in [0.25, 0.3) is 5.91 Å². The van der Waals surface area contributed by atoms with Gasteiger partial charge in [-0.2, -0.15) is 5.10 Å². The average Bonchev–Trinajstić information content (AvgIpc) is 2.99. The van der Waals surface area contributed by atoms with Crippen LogP contribution in [-0.4, -0.2) is 51.0 Å². The molecule has 0 radical (unpaired) electrons. The van der Waals surface area contributed by atoms with Crippen LogP contribution in [0.4, 0.5) is 0 Å². The van der Waals surface area contributed by atoms with E-state index in [4.69, 9.17) is 4.74 Å². The third kappa shape index (κ3) is 2.93. The lowest BCUT2D eigenvalue weighted by atomic mass is 10.2. The fraction of sp³-hybridized carbons (Fsp3) is 0.467. The number of rotatable bonds is 6. The first-order chi connectivity index (χ1) is 10.7. The Hall–Kier alpha value is -2.44. The van der Waals surface area contributed by atoms with Gasteiger partial charge in [-0.15, -0.1) is 10.2 Å². The number of carbonyl (C=O) groups excluding carboxylic acids is 1. The van der Waals surface area contributed by atoms with Crippen LogP contribution < -0.4 is 4.74 Å². The maximum Gasteiger partial charge on any atom is 0.257 e. The standard InChI is InChI=1S/C15H21N5O2/c1-5-12-11(15(21)19(6-2)7-3)10-16-20(12)13-8-9-14(22-4)18-17-13/h8-10H,5-7H2,1-4H3. The maximum atomic E-state index is 12.5. The molecule has 0 atom stereocenters. The van der Waals surface area contributed by atoms with E-state index in [-0.39, 0.29) is 5.91 Å². The summed E-state index contributed by atoms with van der Waals surface area (Å²) in [7, 11) is 1.54. The number of aromatic nitrogens is 4. The lowest BCUT2D eigenvalue weighted by Gasteiger charge is -2.18. The highest BCUT2D eigenvalue weighted by atomic mass is 16.5. The van der Waals surface area contributed by atoms with Gasteiger partial charge < -0.3 is 9.64 Å². The van der Waals surface area contributed by atoms with Crippen molar-refractivity contribution in [2.24, 2.45) is 0 Å². The van der Waals surface area contributed by atoms with Crippen molar-refractivity contribution in [1.82, 2.24) is 24.9 Å². The predicted molar refractivity (Wildman–Crippen MR) is 82.3 cm³/mol. The van der Waals surface area contributed by atoms with Crippen molar-refractivity contribution < 1.29 is 9.53 Å². The molecule has 0 aromatic carbocycles. The first-order valence-corrected chi connectivity index (χ1v) is 7.40. The van der Waals surface area contributed by atoms with Crippen LogP contribution >= 0.6 is 0 Å². The molecule has 2 rings (SSSR count). The number of carbonyl (C=O) groups is 1. The monoisotopic (exact) mass is 303 g/mol. The summed E-state index contributed by atoms with van der Waals surface area (Å²) in [6.07, 6.45) is 2.28. The summed E-state index contributed by atoms with van der Waals surface area (Å²) in [6.45, 7) is 7.26. The predicted octanol–water partition coefficient (Wildman–Crippen LogP) is 1.72. The lowest BCUT2D eigenvalue weighted by molar-refractivity contribution is 0.0772. The molecule has 7 heteroatoms. The molecule has 2 heterocycles. The zero-order valence-corrected chi connectivity index (χ0v) is 13.4. The summed E-state index contributed by atoms with van der Waals surface area (Å²) in [4.78, 5) is 14.3. The molecule has 1 amide bonds. The Morgan fingerprint density at radius 2 is 1.95 bits per heavy atom. The summed E-state index contributed by atoms with van der Waals surface area (Å²) in [5.41, 5.74) is 1.44. The molecule has 0 aliphatic heterocycles. The molecule has 0 saturated heterocycles. The number of hydrogen-bond donors (Lipinski definition) is 0. The fourth-order valence-electron chi connectivity index (χ4n) is 2.31. The first-order valence-electron chi connectivity index (χ1n) is 7.40. The van der Waals surface area contributed by atoms with Crippen LogP contribution in [0.5, 0.6) is 5.88 Å². The highest BCUT2D eigenvalue weighted by Gasteiger charge is 2.21. The Labute approximate surface area is 129 Å². The van der Waals surface area contributed by atoms with Crippen LogP contribution in [0.1, 0.15) is 36.8 Å². The minimum atomic E-state index is -0.00503. The molecule has 0 unspecified atom stereocenters. The molecule has 0 spiro atoms. The molecular weight excluding hydrogens is 282 g/mol. The zero-order valence-electron chi connectivity index (χ0n) is 13.4. The summed E-state index contributed by atoms with van der Waals surface area (Å²) in [5, 5.41) is 12.3. The van der Waals surface area contributed by atoms with E-state index < -0.39 is 0 Å². The van der Waals surface area contributed by atoms with Gasteiger partial charge >= 0.3 is 0 Å².